The van der Waals surface area contributed by atoms with Crippen LogP contribution in [0.2, 0.25) is 0 Å². The van der Waals surface area contributed by atoms with Crippen LogP contribution in [0.15, 0.2) is 12.3 Å². The average molecular weight is 279 g/mol. The third-order valence-electron chi connectivity index (χ3n) is 4.12. The van der Waals surface area contributed by atoms with Gasteiger partial charge in [0.2, 0.25) is 0 Å². The summed E-state index contributed by atoms with van der Waals surface area (Å²) in [4.78, 5) is 16.8. The zero-order chi connectivity index (χ0) is 14.7. The first kappa shape index (κ1) is 14.7. The van der Waals surface area contributed by atoms with E-state index >= 15 is 0 Å². The number of nitro groups is 1. The number of hydrogen-bond donors (Lipinski definition) is 0. The molecule has 2 rings (SSSR count). The topological polar surface area (TPSA) is 68.5 Å². The van der Waals surface area contributed by atoms with Crippen LogP contribution < -0.4 is 4.90 Å². The van der Waals surface area contributed by atoms with Crippen LogP contribution >= 0.6 is 0 Å². The summed E-state index contributed by atoms with van der Waals surface area (Å²) in [5.74, 6) is 1.44. The summed E-state index contributed by atoms with van der Waals surface area (Å²) in [5, 5.41) is 10.7. The molecule has 0 bridgehead atoms. The Bertz CT molecular complexity index is 485. The molecule has 20 heavy (non-hydrogen) atoms. The highest BCUT2D eigenvalue weighted by Crippen LogP contribution is 2.28. The number of ether oxygens (including phenoxy) is 1. The van der Waals surface area contributed by atoms with E-state index in [1.54, 1.807) is 13.2 Å². The van der Waals surface area contributed by atoms with Gasteiger partial charge in [-0.25, -0.2) is 4.98 Å². The molecule has 1 aliphatic rings. The van der Waals surface area contributed by atoms with E-state index in [-0.39, 0.29) is 11.8 Å². The Morgan fingerprint density at radius 3 is 2.65 bits per heavy atom. The standard InChI is InChI=1S/C14H21N3O3/c1-10-8-13(17(18)19)9-15-14(10)16-6-4-12(5-7-16)11(2)20-3/h8-9,11-12H,4-7H2,1-3H3/t11-/m1/s1. The lowest BCUT2D eigenvalue weighted by Crippen LogP contribution is -2.38. The second-order valence-corrected chi connectivity index (χ2v) is 5.36. The van der Waals surface area contributed by atoms with Gasteiger partial charge in [-0.1, -0.05) is 0 Å². The van der Waals surface area contributed by atoms with Crippen molar-refractivity contribution in [3.8, 4) is 0 Å². The highest BCUT2D eigenvalue weighted by molar-refractivity contribution is 5.50. The molecule has 2 heterocycles. The van der Waals surface area contributed by atoms with E-state index in [0.29, 0.717) is 5.92 Å². The molecule has 0 spiro atoms. The van der Waals surface area contributed by atoms with Gasteiger partial charge in [0.1, 0.15) is 12.0 Å². The molecule has 1 aromatic heterocycles. The number of aromatic nitrogens is 1. The highest BCUT2D eigenvalue weighted by atomic mass is 16.6. The highest BCUT2D eigenvalue weighted by Gasteiger charge is 2.25. The minimum atomic E-state index is -0.406. The molecule has 1 aromatic rings. The molecule has 0 aliphatic carbocycles. The van der Waals surface area contributed by atoms with Crippen molar-refractivity contribution in [1.82, 2.24) is 4.98 Å². The van der Waals surface area contributed by atoms with Crippen LogP contribution in [-0.2, 0) is 4.74 Å². The number of aryl methyl sites for hydroxylation is 1. The fourth-order valence-corrected chi connectivity index (χ4v) is 2.76. The van der Waals surface area contributed by atoms with Gasteiger partial charge in [-0.05, 0) is 38.2 Å². The maximum atomic E-state index is 10.7. The molecule has 0 N–H and O–H groups in total. The first-order chi connectivity index (χ1) is 9.52. The van der Waals surface area contributed by atoms with E-state index in [9.17, 15) is 10.1 Å². The summed E-state index contributed by atoms with van der Waals surface area (Å²) in [6.07, 6.45) is 3.75. The molecule has 0 amide bonds. The van der Waals surface area contributed by atoms with Crippen LogP contribution in [0.5, 0.6) is 0 Å². The monoisotopic (exact) mass is 279 g/mol. The van der Waals surface area contributed by atoms with Crippen molar-refractivity contribution in [2.24, 2.45) is 5.92 Å². The summed E-state index contributed by atoms with van der Waals surface area (Å²) in [6.45, 7) is 5.82. The molecule has 0 unspecified atom stereocenters. The first-order valence-electron chi connectivity index (χ1n) is 6.91. The summed E-state index contributed by atoms with van der Waals surface area (Å²) in [7, 11) is 1.75. The summed E-state index contributed by atoms with van der Waals surface area (Å²) in [6, 6.07) is 1.59. The Hall–Kier alpha value is -1.69. The maximum Gasteiger partial charge on any atom is 0.287 e. The Morgan fingerprint density at radius 1 is 1.50 bits per heavy atom. The zero-order valence-corrected chi connectivity index (χ0v) is 12.2. The molecule has 6 heteroatoms. The zero-order valence-electron chi connectivity index (χ0n) is 12.2. The SMILES string of the molecule is CO[C@H](C)C1CCN(c2ncc([N+](=O)[O-])cc2C)CC1. The average Bonchev–Trinajstić information content (AvgIpc) is 2.46. The predicted molar refractivity (Wildman–Crippen MR) is 77.0 cm³/mol. The summed E-state index contributed by atoms with van der Waals surface area (Å²) >= 11 is 0. The Kier molecular flexibility index (Phi) is 4.54. The van der Waals surface area contributed by atoms with Gasteiger partial charge in [0.25, 0.3) is 5.69 Å². The molecular formula is C14H21N3O3. The second-order valence-electron chi connectivity index (χ2n) is 5.36. The largest absolute Gasteiger partial charge is 0.381 e. The second kappa shape index (κ2) is 6.17. The molecule has 110 valence electrons. The minimum absolute atomic E-state index is 0.0501. The van der Waals surface area contributed by atoms with Crippen molar-refractivity contribution in [1.29, 1.82) is 0 Å². The maximum absolute atomic E-state index is 10.7. The number of rotatable bonds is 4. The predicted octanol–water partition coefficient (Wildman–Crippen LogP) is 2.55. The third kappa shape index (κ3) is 3.07. The molecule has 1 aliphatic heterocycles. The molecular weight excluding hydrogens is 258 g/mol. The van der Waals surface area contributed by atoms with Crippen LogP contribution in [0.1, 0.15) is 25.3 Å². The number of anilines is 1. The molecule has 0 aromatic carbocycles. The van der Waals surface area contributed by atoms with Crippen molar-refractivity contribution in [3.05, 3.63) is 27.9 Å². The van der Waals surface area contributed by atoms with Crippen molar-refractivity contribution < 1.29 is 9.66 Å². The van der Waals surface area contributed by atoms with Crippen molar-refractivity contribution in [3.63, 3.8) is 0 Å². The van der Waals surface area contributed by atoms with Gasteiger partial charge in [0, 0.05) is 26.3 Å². The van der Waals surface area contributed by atoms with Gasteiger partial charge in [0.15, 0.2) is 0 Å². The van der Waals surface area contributed by atoms with Crippen LogP contribution in [0.4, 0.5) is 11.5 Å². The van der Waals surface area contributed by atoms with E-state index in [4.69, 9.17) is 4.74 Å². The molecule has 0 saturated carbocycles. The van der Waals surface area contributed by atoms with Crippen LogP contribution in [0.25, 0.3) is 0 Å². The molecule has 0 radical (unpaired) electrons. The normalized spacial score (nSPS) is 18.1. The Balaban J connectivity index is 2.05. The number of hydrogen-bond acceptors (Lipinski definition) is 5. The van der Waals surface area contributed by atoms with Gasteiger partial charge in [-0.15, -0.1) is 0 Å². The van der Waals surface area contributed by atoms with Gasteiger partial charge < -0.3 is 9.64 Å². The van der Waals surface area contributed by atoms with Gasteiger partial charge in [-0.3, -0.25) is 10.1 Å². The van der Waals surface area contributed by atoms with E-state index in [0.717, 1.165) is 37.3 Å². The Labute approximate surface area is 118 Å². The van der Waals surface area contributed by atoms with Gasteiger partial charge >= 0.3 is 0 Å². The summed E-state index contributed by atoms with van der Waals surface area (Å²) in [5.41, 5.74) is 0.909. The van der Waals surface area contributed by atoms with Gasteiger partial charge in [0.05, 0.1) is 11.0 Å². The molecule has 1 atom stereocenters. The van der Waals surface area contributed by atoms with Crippen molar-refractivity contribution in [2.75, 3.05) is 25.1 Å². The summed E-state index contributed by atoms with van der Waals surface area (Å²) < 4.78 is 5.39. The number of pyridine rings is 1. The number of piperidine rings is 1. The molecule has 6 nitrogen and oxygen atoms in total. The molecule has 1 fully saturated rings. The van der Waals surface area contributed by atoms with Gasteiger partial charge in [-0.2, -0.15) is 0 Å². The molecule has 1 saturated heterocycles. The van der Waals surface area contributed by atoms with Crippen molar-refractivity contribution >= 4 is 11.5 Å². The fraction of sp³-hybridized carbons (Fsp3) is 0.643. The quantitative estimate of drug-likeness (QED) is 0.626. The number of nitrogens with zero attached hydrogens (tertiary/aromatic N) is 3. The van der Waals surface area contributed by atoms with Crippen LogP contribution in [0, 0.1) is 23.0 Å². The van der Waals surface area contributed by atoms with Crippen molar-refractivity contribution in [2.45, 2.75) is 32.8 Å². The fourth-order valence-electron chi connectivity index (χ4n) is 2.76. The lowest BCUT2D eigenvalue weighted by Gasteiger charge is -2.35. The van der Waals surface area contributed by atoms with E-state index in [1.165, 1.54) is 6.20 Å². The van der Waals surface area contributed by atoms with Crippen LogP contribution in [0.3, 0.4) is 0 Å². The number of methoxy groups -OCH3 is 1. The van der Waals surface area contributed by atoms with E-state index in [2.05, 4.69) is 16.8 Å². The lowest BCUT2D eigenvalue weighted by molar-refractivity contribution is -0.385. The Morgan fingerprint density at radius 2 is 2.15 bits per heavy atom. The van der Waals surface area contributed by atoms with E-state index in [1.807, 2.05) is 6.92 Å². The smallest absolute Gasteiger partial charge is 0.287 e. The lowest BCUT2D eigenvalue weighted by atomic mass is 9.92. The van der Waals surface area contributed by atoms with E-state index < -0.39 is 4.92 Å². The third-order valence-corrected chi connectivity index (χ3v) is 4.12. The van der Waals surface area contributed by atoms with Crippen LogP contribution in [-0.4, -0.2) is 36.2 Å². The minimum Gasteiger partial charge on any atom is -0.381 e. The first-order valence-corrected chi connectivity index (χ1v) is 6.91.